The van der Waals surface area contributed by atoms with E-state index >= 15 is 0 Å². The van der Waals surface area contributed by atoms with Crippen molar-refractivity contribution in [2.24, 2.45) is 0 Å². The van der Waals surface area contributed by atoms with E-state index in [1.54, 1.807) is 30.1 Å². The monoisotopic (exact) mass is 507 g/mol. The molecule has 0 radical (unpaired) electrons. The van der Waals surface area contributed by atoms with Crippen LogP contribution in [0.4, 0.5) is 5.69 Å². The highest BCUT2D eigenvalue weighted by Crippen LogP contribution is 2.28. The molecule has 1 aromatic carbocycles. The van der Waals surface area contributed by atoms with Crippen molar-refractivity contribution >= 4 is 40.3 Å². The maximum Gasteiger partial charge on any atom is 0.254 e. The minimum absolute atomic E-state index is 0.184. The third-order valence-corrected chi connectivity index (χ3v) is 6.13. The number of rotatable bonds is 11. The van der Waals surface area contributed by atoms with Crippen LogP contribution >= 0.6 is 11.6 Å². The fraction of sp³-hybridized carbons (Fsp3) is 0.333. The number of nitrogens with one attached hydrogen (secondary N) is 4. The van der Waals surface area contributed by atoms with Gasteiger partial charge in [-0.25, -0.2) is 9.97 Å². The second kappa shape index (κ2) is 12.5. The molecule has 2 aromatic heterocycles. The van der Waals surface area contributed by atoms with Gasteiger partial charge in [-0.05, 0) is 64.2 Å². The lowest BCUT2D eigenvalue weighted by Crippen LogP contribution is -2.30. The molecule has 190 valence electrons. The minimum Gasteiger partial charge on any atom is -0.389 e. The summed E-state index contributed by atoms with van der Waals surface area (Å²) in [5, 5.41) is 18.7. The van der Waals surface area contributed by atoms with Gasteiger partial charge in [-0.3, -0.25) is 4.79 Å². The summed E-state index contributed by atoms with van der Waals surface area (Å²) in [5.41, 5.74) is 5.87. The zero-order valence-electron chi connectivity index (χ0n) is 21.5. The molecule has 0 fully saturated rings. The Labute approximate surface area is 217 Å². The number of anilines is 1. The number of aryl methyl sites for hydroxylation is 1. The first-order chi connectivity index (χ1) is 17.3. The maximum atomic E-state index is 13.7. The Balaban J connectivity index is 2.02. The Bertz CT molecular complexity index is 1290. The van der Waals surface area contributed by atoms with Crippen LogP contribution in [0, 0.1) is 12.3 Å². The topological polar surface area (TPSA) is 106 Å². The van der Waals surface area contributed by atoms with Crippen LogP contribution in [0.1, 0.15) is 29.9 Å². The molecule has 0 aliphatic heterocycles. The van der Waals surface area contributed by atoms with E-state index in [2.05, 4.69) is 16.0 Å². The highest BCUT2D eigenvalue weighted by Gasteiger charge is 2.20. The molecule has 0 aliphatic rings. The summed E-state index contributed by atoms with van der Waals surface area (Å²) in [6, 6.07) is 11.0. The quantitative estimate of drug-likeness (QED) is 0.225. The lowest BCUT2D eigenvalue weighted by atomic mass is 10.0. The van der Waals surface area contributed by atoms with E-state index < -0.39 is 0 Å². The molecule has 8 nitrogen and oxygen atoms in total. The molecule has 0 spiro atoms. The maximum absolute atomic E-state index is 13.7. The number of benzene rings is 1. The summed E-state index contributed by atoms with van der Waals surface area (Å²) in [6.45, 7) is 8.53. The molecule has 4 N–H and O–H groups in total. The van der Waals surface area contributed by atoms with Gasteiger partial charge in [0.15, 0.2) is 0 Å². The number of hydrogen-bond donors (Lipinski definition) is 4. The number of likely N-dealkylation sites (N-methyl/N-ethyl adjacent to an activating group) is 2. The number of fused-ring (bicyclic) bond motifs is 1. The van der Waals surface area contributed by atoms with E-state index in [0.717, 1.165) is 42.3 Å². The molecule has 2 heterocycles. The fourth-order valence-corrected chi connectivity index (χ4v) is 4.08. The van der Waals surface area contributed by atoms with E-state index in [1.807, 2.05) is 46.0 Å². The van der Waals surface area contributed by atoms with Crippen molar-refractivity contribution in [1.29, 1.82) is 5.41 Å². The zero-order valence-corrected chi connectivity index (χ0v) is 22.3. The number of nitrogens with zero attached hydrogens (tertiary/aromatic N) is 3. The third kappa shape index (κ3) is 6.38. The van der Waals surface area contributed by atoms with Gasteiger partial charge in [0.05, 0.1) is 33.8 Å². The van der Waals surface area contributed by atoms with Crippen LogP contribution in [-0.2, 0) is 0 Å². The number of carbonyl (C=O) groups excluding carboxylic acids is 1. The zero-order chi connectivity index (χ0) is 26.2. The molecule has 0 unspecified atom stereocenters. The first kappa shape index (κ1) is 27.1. The van der Waals surface area contributed by atoms with E-state index in [1.165, 1.54) is 6.21 Å². The summed E-state index contributed by atoms with van der Waals surface area (Å²) in [7, 11) is 3.64. The average Bonchev–Trinajstić information content (AvgIpc) is 2.87. The van der Waals surface area contributed by atoms with E-state index in [0.29, 0.717) is 39.4 Å². The largest absolute Gasteiger partial charge is 0.389 e. The van der Waals surface area contributed by atoms with Crippen LogP contribution in [0.5, 0.6) is 0 Å². The minimum atomic E-state index is -0.184. The number of halogens is 1. The van der Waals surface area contributed by atoms with Gasteiger partial charge in [0.1, 0.15) is 0 Å². The van der Waals surface area contributed by atoms with Gasteiger partial charge in [-0.1, -0.05) is 11.6 Å². The summed E-state index contributed by atoms with van der Waals surface area (Å²) in [5.74, 6) is -0.184. The molecular weight excluding hydrogens is 474 g/mol. The molecular formula is C27H34ClN7O. The standard InChI is InChI=1S/C27H34ClN7O/c1-6-31-17(2)19(15-29)16-35(5)27(36)22-14-26(34-24-8-7-20(28)13-21(22)24)25-10-9-23(18(3)33-25)32-12-11-30-4/h7-10,13-15,29-32H,6,11-12,16H2,1-5H3/b19-17+,29-15?. The average molecular weight is 508 g/mol. The summed E-state index contributed by atoms with van der Waals surface area (Å²) in [4.78, 5) is 24.8. The summed E-state index contributed by atoms with van der Waals surface area (Å²) in [6.07, 6.45) is 1.29. The second-order valence-corrected chi connectivity index (χ2v) is 9.00. The second-order valence-electron chi connectivity index (χ2n) is 8.56. The van der Waals surface area contributed by atoms with Crippen LogP contribution in [-0.4, -0.2) is 67.3 Å². The smallest absolute Gasteiger partial charge is 0.254 e. The number of carbonyl (C=O) groups is 1. The lowest BCUT2D eigenvalue weighted by molar-refractivity contribution is 0.0810. The van der Waals surface area contributed by atoms with E-state index in [4.69, 9.17) is 27.0 Å². The number of pyridine rings is 2. The molecule has 0 atom stereocenters. The Morgan fingerprint density at radius 2 is 1.92 bits per heavy atom. The molecule has 0 saturated carbocycles. The SMILES string of the molecule is CCN/C(C)=C(\C=N)CN(C)C(=O)c1cc(-c2ccc(NCCNC)c(C)n2)nc2ccc(Cl)cc12. The fourth-order valence-electron chi connectivity index (χ4n) is 3.90. The van der Waals surface area contributed by atoms with Crippen molar-refractivity contribution in [2.45, 2.75) is 20.8 Å². The van der Waals surface area contributed by atoms with Gasteiger partial charge < -0.3 is 26.3 Å². The molecule has 3 rings (SSSR count). The van der Waals surface area contributed by atoms with Crippen molar-refractivity contribution in [3.63, 3.8) is 0 Å². The first-order valence-corrected chi connectivity index (χ1v) is 12.3. The van der Waals surface area contributed by atoms with E-state index in [-0.39, 0.29) is 5.91 Å². The highest BCUT2D eigenvalue weighted by atomic mass is 35.5. The Morgan fingerprint density at radius 3 is 2.58 bits per heavy atom. The molecule has 1 amide bonds. The molecule has 9 heteroatoms. The normalized spacial score (nSPS) is 11.7. The molecule has 36 heavy (non-hydrogen) atoms. The van der Waals surface area contributed by atoms with Crippen LogP contribution in [0.2, 0.25) is 5.02 Å². The van der Waals surface area contributed by atoms with Gasteiger partial charge in [-0.15, -0.1) is 0 Å². The Hall–Kier alpha value is -3.49. The Kier molecular flexibility index (Phi) is 9.38. The number of hydrogen-bond acceptors (Lipinski definition) is 7. The predicted octanol–water partition coefficient (Wildman–Crippen LogP) is 4.49. The number of amides is 1. The summed E-state index contributed by atoms with van der Waals surface area (Å²) < 4.78 is 0. The van der Waals surface area contributed by atoms with Gasteiger partial charge in [0.25, 0.3) is 5.91 Å². The van der Waals surface area contributed by atoms with Crippen molar-refractivity contribution in [1.82, 2.24) is 25.5 Å². The van der Waals surface area contributed by atoms with Gasteiger partial charge >= 0.3 is 0 Å². The first-order valence-electron chi connectivity index (χ1n) is 11.9. The van der Waals surface area contributed by atoms with Gasteiger partial charge in [0, 0.05) is 61.1 Å². The Morgan fingerprint density at radius 1 is 1.14 bits per heavy atom. The van der Waals surface area contributed by atoms with Crippen LogP contribution in [0.25, 0.3) is 22.3 Å². The molecule has 0 saturated heterocycles. The lowest BCUT2D eigenvalue weighted by Gasteiger charge is -2.21. The van der Waals surface area contributed by atoms with Crippen molar-refractivity contribution in [3.8, 4) is 11.4 Å². The van der Waals surface area contributed by atoms with Crippen molar-refractivity contribution in [3.05, 3.63) is 63.9 Å². The summed E-state index contributed by atoms with van der Waals surface area (Å²) >= 11 is 6.28. The predicted molar refractivity (Wildman–Crippen MR) is 149 cm³/mol. The van der Waals surface area contributed by atoms with Crippen LogP contribution < -0.4 is 16.0 Å². The van der Waals surface area contributed by atoms with Crippen LogP contribution in [0.3, 0.4) is 0 Å². The highest BCUT2D eigenvalue weighted by molar-refractivity contribution is 6.31. The molecule has 3 aromatic rings. The van der Waals surface area contributed by atoms with Gasteiger partial charge in [0.2, 0.25) is 0 Å². The van der Waals surface area contributed by atoms with Crippen molar-refractivity contribution in [2.75, 3.05) is 45.6 Å². The number of allylic oxidation sites excluding steroid dienone is 1. The van der Waals surface area contributed by atoms with Crippen molar-refractivity contribution < 1.29 is 4.79 Å². The van der Waals surface area contributed by atoms with Gasteiger partial charge in [-0.2, -0.15) is 0 Å². The molecule has 0 aliphatic carbocycles. The molecule has 0 bridgehead atoms. The number of aromatic nitrogens is 2. The van der Waals surface area contributed by atoms with E-state index in [9.17, 15) is 4.79 Å². The third-order valence-electron chi connectivity index (χ3n) is 5.89. The van der Waals surface area contributed by atoms with Crippen LogP contribution in [0.15, 0.2) is 47.7 Å².